The first-order valence-corrected chi connectivity index (χ1v) is 7.98. The van der Waals surface area contributed by atoms with Gasteiger partial charge in [0.05, 0.1) is 10.6 Å². The molecule has 0 radical (unpaired) electrons. The first-order valence-electron chi connectivity index (χ1n) is 6.38. The molecule has 1 aromatic rings. The molecule has 0 bridgehead atoms. The van der Waals surface area contributed by atoms with Crippen LogP contribution in [0.4, 0.5) is 0 Å². The Morgan fingerprint density at radius 1 is 1.35 bits per heavy atom. The molecule has 0 spiro atoms. The maximum atomic E-state index is 12.3. The van der Waals surface area contributed by atoms with Gasteiger partial charge in [0.2, 0.25) is 0 Å². The highest BCUT2D eigenvalue weighted by Gasteiger charge is 2.42. The molecular formula is C14H16ClNO3S. The summed E-state index contributed by atoms with van der Waals surface area (Å²) in [5.74, 6) is -1.39. The van der Waals surface area contributed by atoms with Gasteiger partial charge in [-0.1, -0.05) is 24.4 Å². The summed E-state index contributed by atoms with van der Waals surface area (Å²) in [4.78, 5) is 24.7. The van der Waals surface area contributed by atoms with E-state index in [-0.39, 0.29) is 0 Å². The molecule has 1 fully saturated rings. The second-order valence-electron chi connectivity index (χ2n) is 4.89. The largest absolute Gasteiger partial charge is 0.480 e. The molecule has 0 aromatic heterocycles. The Bertz CT molecular complexity index is 541. The van der Waals surface area contributed by atoms with E-state index in [1.165, 1.54) is 11.8 Å². The zero-order valence-corrected chi connectivity index (χ0v) is 12.7. The van der Waals surface area contributed by atoms with Crippen LogP contribution in [-0.4, -0.2) is 28.8 Å². The van der Waals surface area contributed by atoms with Crippen molar-refractivity contribution in [3.63, 3.8) is 0 Å². The molecule has 0 unspecified atom stereocenters. The highest BCUT2D eigenvalue weighted by atomic mass is 35.5. The fourth-order valence-electron chi connectivity index (χ4n) is 2.46. The van der Waals surface area contributed by atoms with E-state index in [9.17, 15) is 14.7 Å². The van der Waals surface area contributed by atoms with Crippen molar-refractivity contribution >= 4 is 35.2 Å². The van der Waals surface area contributed by atoms with E-state index in [1.807, 2.05) is 12.3 Å². The van der Waals surface area contributed by atoms with Crippen LogP contribution in [0.15, 0.2) is 23.1 Å². The van der Waals surface area contributed by atoms with Crippen molar-refractivity contribution in [3.8, 4) is 0 Å². The van der Waals surface area contributed by atoms with Crippen molar-refractivity contribution < 1.29 is 14.7 Å². The molecule has 1 aliphatic rings. The molecule has 108 valence electrons. The number of thioether (sulfide) groups is 1. The Morgan fingerprint density at radius 2 is 2.00 bits per heavy atom. The number of carboxylic acid groups (broad SMARTS) is 1. The molecule has 6 heteroatoms. The fourth-order valence-corrected chi connectivity index (χ4v) is 3.10. The van der Waals surface area contributed by atoms with Crippen LogP contribution in [0.25, 0.3) is 0 Å². The van der Waals surface area contributed by atoms with E-state index >= 15 is 0 Å². The van der Waals surface area contributed by atoms with Crippen molar-refractivity contribution in [1.29, 1.82) is 0 Å². The van der Waals surface area contributed by atoms with Crippen LogP contribution in [0, 0.1) is 0 Å². The van der Waals surface area contributed by atoms with Crippen molar-refractivity contribution in [3.05, 3.63) is 28.8 Å². The summed E-state index contributed by atoms with van der Waals surface area (Å²) in [6.07, 6.45) is 4.46. The third kappa shape index (κ3) is 2.94. The molecule has 0 aliphatic heterocycles. The maximum absolute atomic E-state index is 12.3. The average molecular weight is 314 g/mol. The average Bonchev–Trinajstić information content (AvgIpc) is 2.89. The number of carboxylic acids is 1. The quantitative estimate of drug-likeness (QED) is 0.838. The minimum absolute atomic E-state index is 0.325. The van der Waals surface area contributed by atoms with Gasteiger partial charge < -0.3 is 10.4 Å². The number of rotatable bonds is 4. The molecule has 1 amide bonds. The molecule has 1 aromatic carbocycles. The van der Waals surface area contributed by atoms with E-state index in [2.05, 4.69) is 5.32 Å². The standard InChI is InChI=1S/C14H16ClNO3S/c1-20-9-4-5-11(15)10(8-9)12(17)16-14(13(18)19)6-2-3-7-14/h4-5,8H,2-3,6-7H2,1H3,(H,16,17)(H,18,19). The van der Waals surface area contributed by atoms with Crippen molar-refractivity contribution in [2.75, 3.05) is 6.26 Å². The summed E-state index contributed by atoms with van der Waals surface area (Å²) in [5, 5.41) is 12.4. The Balaban J connectivity index is 2.25. The molecule has 4 nitrogen and oxygen atoms in total. The summed E-state index contributed by atoms with van der Waals surface area (Å²) in [5.41, 5.74) is -0.818. The first kappa shape index (κ1) is 15.2. The van der Waals surface area contributed by atoms with Gasteiger partial charge in [-0.3, -0.25) is 4.79 Å². The number of hydrogen-bond donors (Lipinski definition) is 2. The van der Waals surface area contributed by atoms with Gasteiger partial charge in [-0.2, -0.15) is 0 Å². The number of amides is 1. The van der Waals surface area contributed by atoms with Crippen LogP contribution in [0.5, 0.6) is 0 Å². The van der Waals surface area contributed by atoms with Gasteiger partial charge in [0, 0.05) is 4.90 Å². The van der Waals surface area contributed by atoms with E-state index in [0.717, 1.165) is 17.7 Å². The third-order valence-corrected chi connectivity index (χ3v) is 4.69. The molecule has 2 rings (SSSR count). The minimum atomic E-state index is -1.14. The predicted octanol–water partition coefficient (Wildman–Crippen LogP) is 3.19. The van der Waals surface area contributed by atoms with Crippen molar-refractivity contribution in [2.24, 2.45) is 0 Å². The number of hydrogen-bond acceptors (Lipinski definition) is 3. The van der Waals surface area contributed by atoms with Gasteiger partial charge in [-0.05, 0) is 37.3 Å². The molecule has 1 aliphatic carbocycles. The van der Waals surface area contributed by atoms with Gasteiger partial charge in [0.15, 0.2) is 0 Å². The number of aliphatic carboxylic acids is 1. The van der Waals surface area contributed by atoms with Gasteiger partial charge in [-0.15, -0.1) is 11.8 Å². The van der Waals surface area contributed by atoms with Gasteiger partial charge in [0.1, 0.15) is 5.54 Å². The molecular weight excluding hydrogens is 298 g/mol. The summed E-state index contributed by atoms with van der Waals surface area (Å²) in [6, 6.07) is 5.17. The predicted molar refractivity (Wildman–Crippen MR) is 79.5 cm³/mol. The topological polar surface area (TPSA) is 66.4 Å². The van der Waals surface area contributed by atoms with E-state index in [4.69, 9.17) is 11.6 Å². The molecule has 20 heavy (non-hydrogen) atoms. The summed E-state index contributed by atoms with van der Waals surface area (Å²) in [6.45, 7) is 0. The molecule has 0 atom stereocenters. The lowest BCUT2D eigenvalue weighted by atomic mass is 9.97. The normalized spacial score (nSPS) is 16.9. The first-order chi connectivity index (χ1) is 9.48. The molecule has 0 saturated heterocycles. The molecule has 0 heterocycles. The van der Waals surface area contributed by atoms with Crippen LogP contribution < -0.4 is 5.32 Å². The highest BCUT2D eigenvalue weighted by molar-refractivity contribution is 7.98. The van der Waals surface area contributed by atoms with Gasteiger partial charge >= 0.3 is 5.97 Å². The number of carbonyl (C=O) groups is 2. The smallest absolute Gasteiger partial charge is 0.329 e. The highest BCUT2D eigenvalue weighted by Crippen LogP contribution is 2.31. The number of benzene rings is 1. The van der Waals surface area contributed by atoms with E-state index in [1.54, 1.807) is 12.1 Å². The fraction of sp³-hybridized carbons (Fsp3) is 0.429. The summed E-state index contributed by atoms with van der Waals surface area (Å²) in [7, 11) is 0. The Labute approximate surface area is 126 Å². The van der Waals surface area contributed by atoms with Crippen LogP contribution in [0.2, 0.25) is 5.02 Å². The monoisotopic (exact) mass is 313 g/mol. The van der Waals surface area contributed by atoms with Crippen LogP contribution in [0.3, 0.4) is 0 Å². The lowest BCUT2D eigenvalue weighted by Crippen LogP contribution is -2.52. The number of nitrogens with one attached hydrogen (secondary N) is 1. The lowest BCUT2D eigenvalue weighted by molar-refractivity contribution is -0.144. The Morgan fingerprint density at radius 3 is 2.55 bits per heavy atom. The SMILES string of the molecule is CSc1ccc(Cl)c(C(=O)NC2(C(=O)O)CCCC2)c1. The number of carbonyl (C=O) groups excluding carboxylic acids is 1. The van der Waals surface area contributed by atoms with Crippen LogP contribution in [-0.2, 0) is 4.79 Å². The van der Waals surface area contributed by atoms with Crippen LogP contribution in [0.1, 0.15) is 36.0 Å². The Kier molecular flexibility index (Phi) is 4.60. The van der Waals surface area contributed by atoms with Crippen molar-refractivity contribution in [2.45, 2.75) is 36.1 Å². The van der Waals surface area contributed by atoms with Gasteiger partial charge in [-0.25, -0.2) is 4.79 Å². The van der Waals surface area contributed by atoms with E-state index in [0.29, 0.717) is 23.4 Å². The number of halogens is 1. The lowest BCUT2D eigenvalue weighted by Gasteiger charge is -2.25. The molecule has 2 N–H and O–H groups in total. The minimum Gasteiger partial charge on any atom is -0.480 e. The van der Waals surface area contributed by atoms with Gasteiger partial charge in [0.25, 0.3) is 5.91 Å². The summed E-state index contributed by atoms with van der Waals surface area (Å²) < 4.78 is 0. The molecule has 1 saturated carbocycles. The van der Waals surface area contributed by atoms with Crippen molar-refractivity contribution in [1.82, 2.24) is 5.32 Å². The van der Waals surface area contributed by atoms with Crippen LogP contribution >= 0.6 is 23.4 Å². The zero-order valence-electron chi connectivity index (χ0n) is 11.1. The second-order valence-corrected chi connectivity index (χ2v) is 6.18. The van der Waals surface area contributed by atoms with E-state index < -0.39 is 17.4 Å². The second kappa shape index (κ2) is 6.06. The Hall–Kier alpha value is -1.20. The third-order valence-electron chi connectivity index (χ3n) is 3.64. The maximum Gasteiger partial charge on any atom is 0.329 e. The zero-order chi connectivity index (χ0) is 14.8. The summed E-state index contributed by atoms with van der Waals surface area (Å²) >= 11 is 7.54.